The molecule has 210 valence electrons. The van der Waals surface area contributed by atoms with Crippen LogP contribution in [0.3, 0.4) is 0 Å². The first-order chi connectivity index (χ1) is 18.0. The fourth-order valence-electron chi connectivity index (χ4n) is 5.55. The van der Waals surface area contributed by atoms with Crippen LogP contribution < -0.4 is 16.0 Å². The lowest BCUT2D eigenvalue weighted by Gasteiger charge is -2.47. The molecule has 0 aromatic heterocycles. The number of benzene rings is 1. The van der Waals surface area contributed by atoms with Gasteiger partial charge in [-0.3, -0.25) is 0 Å². The lowest BCUT2D eigenvalue weighted by molar-refractivity contribution is -0.138. The molecule has 1 unspecified atom stereocenters. The molecule has 1 fully saturated rings. The molecule has 3 aliphatic rings. The summed E-state index contributed by atoms with van der Waals surface area (Å²) in [6, 6.07) is 4.08. The van der Waals surface area contributed by atoms with E-state index in [4.69, 9.17) is 9.47 Å². The second-order valence-electron chi connectivity index (χ2n) is 11.4. The normalized spacial score (nSPS) is 26.7. The number of allylic oxidation sites excluding steroid dienone is 3. The summed E-state index contributed by atoms with van der Waals surface area (Å²) in [5, 5.41) is 9.75. The molecule has 38 heavy (non-hydrogen) atoms. The highest BCUT2D eigenvalue weighted by Crippen LogP contribution is 2.49. The van der Waals surface area contributed by atoms with Gasteiger partial charge in [0.25, 0.3) is 0 Å². The van der Waals surface area contributed by atoms with E-state index < -0.39 is 23.4 Å². The Bertz CT molecular complexity index is 1020. The van der Waals surface area contributed by atoms with Crippen molar-refractivity contribution >= 4 is 11.8 Å². The zero-order chi connectivity index (χ0) is 27.3. The van der Waals surface area contributed by atoms with Crippen LogP contribution in [0.2, 0.25) is 0 Å². The summed E-state index contributed by atoms with van der Waals surface area (Å²) in [6.07, 6.45) is 7.49. The first kappa shape index (κ1) is 28.5. The molecule has 1 saturated heterocycles. The van der Waals surface area contributed by atoms with E-state index in [0.29, 0.717) is 18.7 Å². The molecular weight excluding hydrogens is 495 g/mol. The van der Waals surface area contributed by atoms with Gasteiger partial charge in [0.15, 0.2) is 0 Å². The number of nitrogens with one attached hydrogen (secondary N) is 3. The van der Waals surface area contributed by atoms with Crippen molar-refractivity contribution in [3.05, 3.63) is 53.6 Å². The van der Waals surface area contributed by atoms with Gasteiger partial charge in [0, 0.05) is 42.2 Å². The number of alkyl carbamates (subject to hydrolysis) is 1. The van der Waals surface area contributed by atoms with Gasteiger partial charge in [0.2, 0.25) is 0 Å². The molecule has 0 radical (unpaired) electrons. The Labute approximate surface area is 223 Å². The summed E-state index contributed by atoms with van der Waals surface area (Å²) in [5.41, 5.74) is 0.185. The minimum Gasteiger partial charge on any atom is -0.444 e. The van der Waals surface area contributed by atoms with Crippen molar-refractivity contribution in [3.8, 4) is 0 Å². The number of halogens is 3. The lowest BCUT2D eigenvalue weighted by Crippen LogP contribution is -2.48. The first-order valence-corrected chi connectivity index (χ1v) is 13.7. The molecule has 0 bridgehead atoms. The largest absolute Gasteiger partial charge is 0.444 e. The molecule has 2 heterocycles. The Morgan fingerprint density at radius 2 is 1.92 bits per heavy atom. The maximum atomic E-state index is 13.5. The number of rotatable bonds is 8. The van der Waals surface area contributed by atoms with Crippen LogP contribution in [0.4, 0.5) is 23.7 Å². The lowest BCUT2D eigenvalue weighted by atomic mass is 9.73. The van der Waals surface area contributed by atoms with Crippen LogP contribution >= 0.6 is 0 Å². The van der Waals surface area contributed by atoms with E-state index in [2.05, 4.69) is 28.1 Å². The van der Waals surface area contributed by atoms with Crippen molar-refractivity contribution in [2.75, 3.05) is 25.0 Å². The predicted molar refractivity (Wildman–Crippen MR) is 142 cm³/mol. The number of amides is 1. The van der Waals surface area contributed by atoms with Crippen LogP contribution in [-0.2, 0) is 15.7 Å². The number of ether oxygens (including phenoxy) is 2. The van der Waals surface area contributed by atoms with Gasteiger partial charge >= 0.3 is 12.3 Å². The SMILES string of the molecule is CC(C)(C)OC(=O)NCCCCNC[C@H]1CC[C@@H]2[C@H](O1)c1cc(C(F)(F)F)ccc1N[C@H]2C1C=CC=CC1. The van der Waals surface area contributed by atoms with E-state index in [-0.39, 0.29) is 30.1 Å². The Morgan fingerprint density at radius 3 is 2.63 bits per heavy atom. The molecule has 5 atom stereocenters. The number of carbonyl (C=O) groups is 1. The number of hydrogen-bond donors (Lipinski definition) is 3. The van der Waals surface area contributed by atoms with E-state index in [1.54, 1.807) is 6.07 Å². The summed E-state index contributed by atoms with van der Waals surface area (Å²) in [4.78, 5) is 11.7. The second kappa shape index (κ2) is 12.1. The molecule has 1 aliphatic carbocycles. The molecule has 4 rings (SSSR count). The number of fused-ring (bicyclic) bond motifs is 3. The van der Waals surface area contributed by atoms with E-state index in [1.165, 1.54) is 6.07 Å². The van der Waals surface area contributed by atoms with Gasteiger partial charge in [0.1, 0.15) is 5.60 Å². The van der Waals surface area contributed by atoms with E-state index in [0.717, 1.165) is 50.4 Å². The molecular formula is C29H40F3N3O3. The van der Waals surface area contributed by atoms with E-state index in [9.17, 15) is 18.0 Å². The van der Waals surface area contributed by atoms with Gasteiger partial charge < -0.3 is 25.4 Å². The van der Waals surface area contributed by atoms with Crippen molar-refractivity contribution in [1.29, 1.82) is 0 Å². The predicted octanol–water partition coefficient (Wildman–Crippen LogP) is 6.36. The van der Waals surface area contributed by atoms with E-state index in [1.807, 2.05) is 32.9 Å². The highest BCUT2D eigenvalue weighted by molar-refractivity contribution is 5.67. The average molecular weight is 536 g/mol. The zero-order valence-electron chi connectivity index (χ0n) is 22.4. The molecule has 2 aliphatic heterocycles. The highest BCUT2D eigenvalue weighted by atomic mass is 19.4. The summed E-state index contributed by atoms with van der Waals surface area (Å²) in [7, 11) is 0. The van der Waals surface area contributed by atoms with Crippen LogP contribution in [0, 0.1) is 11.8 Å². The molecule has 9 heteroatoms. The van der Waals surface area contributed by atoms with Gasteiger partial charge in [-0.05, 0) is 77.6 Å². The number of alkyl halides is 3. The molecule has 0 saturated carbocycles. The first-order valence-electron chi connectivity index (χ1n) is 13.7. The second-order valence-corrected chi connectivity index (χ2v) is 11.4. The summed E-state index contributed by atoms with van der Waals surface area (Å²) in [5.74, 6) is 0.373. The van der Waals surface area contributed by atoms with E-state index >= 15 is 0 Å². The van der Waals surface area contributed by atoms with Crippen LogP contribution in [0.1, 0.15) is 70.1 Å². The van der Waals surface area contributed by atoms with Crippen LogP contribution in [0.5, 0.6) is 0 Å². The van der Waals surface area contributed by atoms with Gasteiger partial charge in [0.05, 0.1) is 17.8 Å². The molecule has 1 aromatic rings. The van der Waals surface area contributed by atoms with Gasteiger partial charge in [-0.1, -0.05) is 24.3 Å². The molecule has 1 amide bonds. The minimum absolute atomic E-state index is 0.0703. The van der Waals surface area contributed by atoms with Gasteiger partial charge in [-0.15, -0.1) is 0 Å². The molecule has 1 aromatic carbocycles. The standard InChI is InChI=1S/C29H40F3N3O3/c1-28(2,3)38-27(36)34-16-8-7-15-33-18-21-12-13-22-25(19-9-5-4-6-10-19)35-24-14-11-20(29(30,31)32)17-23(24)26(22)37-21/h4-6,9,11,14,17,19,21-22,25-26,33,35H,7-8,10,12-13,15-16,18H2,1-3H3,(H,34,36)/t19?,21-,22+,25+,26+/m1/s1. The third-order valence-corrected chi connectivity index (χ3v) is 7.31. The topological polar surface area (TPSA) is 71.6 Å². The number of carbonyl (C=O) groups excluding carboxylic acids is 1. The van der Waals surface area contributed by atoms with Crippen molar-refractivity contribution in [2.24, 2.45) is 11.8 Å². The molecule has 6 nitrogen and oxygen atoms in total. The van der Waals surface area contributed by atoms with Crippen LogP contribution in [-0.4, -0.2) is 43.5 Å². The number of unbranched alkanes of at least 4 members (excludes halogenated alkanes) is 1. The van der Waals surface area contributed by atoms with Crippen LogP contribution in [0.15, 0.2) is 42.5 Å². The number of hydrogen-bond acceptors (Lipinski definition) is 5. The summed E-state index contributed by atoms with van der Waals surface area (Å²) >= 11 is 0. The van der Waals surface area contributed by atoms with Crippen LogP contribution in [0.25, 0.3) is 0 Å². The number of anilines is 1. The summed E-state index contributed by atoms with van der Waals surface area (Å²) in [6.45, 7) is 7.43. The summed E-state index contributed by atoms with van der Waals surface area (Å²) < 4.78 is 52.3. The fraction of sp³-hybridized carbons (Fsp3) is 0.621. The third-order valence-electron chi connectivity index (χ3n) is 7.31. The average Bonchev–Trinajstić information content (AvgIpc) is 2.86. The molecule has 0 spiro atoms. The smallest absolute Gasteiger partial charge is 0.416 e. The quantitative estimate of drug-likeness (QED) is 0.338. The van der Waals surface area contributed by atoms with Crippen molar-refractivity contribution in [1.82, 2.24) is 10.6 Å². The van der Waals surface area contributed by atoms with Crippen molar-refractivity contribution in [2.45, 2.75) is 82.9 Å². The maximum Gasteiger partial charge on any atom is 0.416 e. The van der Waals surface area contributed by atoms with Gasteiger partial charge in [-0.25, -0.2) is 4.79 Å². The Balaban J connectivity index is 1.32. The third kappa shape index (κ3) is 7.53. The Morgan fingerprint density at radius 1 is 1.13 bits per heavy atom. The molecule has 3 N–H and O–H groups in total. The Hall–Kier alpha value is -2.52. The van der Waals surface area contributed by atoms with Crippen molar-refractivity contribution in [3.63, 3.8) is 0 Å². The van der Waals surface area contributed by atoms with Gasteiger partial charge in [-0.2, -0.15) is 13.2 Å². The monoisotopic (exact) mass is 535 g/mol. The highest BCUT2D eigenvalue weighted by Gasteiger charge is 2.44. The Kier molecular flexibility index (Phi) is 9.08. The minimum atomic E-state index is -4.40. The fourth-order valence-corrected chi connectivity index (χ4v) is 5.55. The zero-order valence-corrected chi connectivity index (χ0v) is 22.4. The van der Waals surface area contributed by atoms with Crippen molar-refractivity contribution < 1.29 is 27.4 Å². The maximum absolute atomic E-state index is 13.5.